The molecule has 13 heteroatoms. The van der Waals surface area contributed by atoms with Crippen LogP contribution in [0, 0.1) is 23.3 Å². The Morgan fingerprint density at radius 3 is 1.52 bits per heavy atom. The second kappa shape index (κ2) is 17.8. The summed E-state index contributed by atoms with van der Waals surface area (Å²) >= 11 is 0. The summed E-state index contributed by atoms with van der Waals surface area (Å²) in [6.07, 6.45) is 0.534. The molecule has 2 aliphatic heterocycles. The van der Waals surface area contributed by atoms with E-state index in [1.54, 1.807) is 58.3 Å². The van der Waals surface area contributed by atoms with E-state index < -0.39 is 41.1 Å². The van der Waals surface area contributed by atoms with Gasteiger partial charge in [-0.2, -0.15) is 0 Å². The van der Waals surface area contributed by atoms with Crippen LogP contribution in [0.3, 0.4) is 0 Å². The van der Waals surface area contributed by atoms with Gasteiger partial charge in [0.15, 0.2) is 0 Å². The average molecular weight is 833 g/mol. The number of hydrogen-bond donors (Lipinski definition) is 0. The zero-order chi connectivity index (χ0) is 42.6. The molecule has 0 aliphatic carbocycles. The number of carbonyl (C=O) groups excluding carboxylic acids is 4. The van der Waals surface area contributed by atoms with Gasteiger partial charge < -0.3 is 24.0 Å². The van der Waals surface area contributed by atoms with Gasteiger partial charge in [-0.05, 0) is 88.6 Å². The van der Waals surface area contributed by atoms with Gasteiger partial charge in [0.25, 0.3) is 11.8 Å². The number of rotatable bonds is 10. The van der Waals surface area contributed by atoms with Crippen LogP contribution in [-0.2, 0) is 27.2 Å². The number of piperidine rings is 2. The highest BCUT2D eigenvalue weighted by atomic mass is 19.1. The summed E-state index contributed by atoms with van der Waals surface area (Å²) < 4.78 is 74.8. The highest BCUT2D eigenvalue weighted by molar-refractivity contribution is 5.96. The van der Waals surface area contributed by atoms with E-state index in [1.807, 2.05) is 0 Å². The number of halogens is 4. The van der Waals surface area contributed by atoms with Gasteiger partial charge in [-0.3, -0.25) is 19.2 Å². The molecular formula is C48H40F4N2O7. The van der Waals surface area contributed by atoms with E-state index in [2.05, 4.69) is 0 Å². The second-order valence-corrected chi connectivity index (χ2v) is 15.3. The van der Waals surface area contributed by atoms with Gasteiger partial charge in [0.2, 0.25) is 0 Å². The van der Waals surface area contributed by atoms with Crippen molar-refractivity contribution in [3.63, 3.8) is 0 Å². The number of carbonyl (C=O) groups is 4. The van der Waals surface area contributed by atoms with E-state index in [1.165, 1.54) is 60.7 Å². The van der Waals surface area contributed by atoms with Crippen LogP contribution in [0.1, 0.15) is 57.5 Å². The minimum atomic E-state index is -0.823. The summed E-state index contributed by atoms with van der Waals surface area (Å²) in [5.74, 6) is -3.71. The van der Waals surface area contributed by atoms with Gasteiger partial charge in [0.05, 0.1) is 18.4 Å². The summed E-state index contributed by atoms with van der Waals surface area (Å²) in [5, 5.41) is 2.18. The third-order valence-electron chi connectivity index (χ3n) is 11.0. The lowest BCUT2D eigenvalue weighted by Gasteiger charge is -2.32. The van der Waals surface area contributed by atoms with Crippen LogP contribution in [0.4, 0.5) is 17.6 Å². The number of nitrogens with zero attached hydrogens (tertiary/aromatic N) is 2. The van der Waals surface area contributed by atoms with Crippen LogP contribution in [0.2, 0.25) is 0 Å². The molecular weight excluding hydrogens is 793 g/mol. The minimum absolute atomic E-state index is 0.00204. The van der Waals surface area contributed by atoms with Gasteiger partial charge in [-0.1, -0.05) is 42.5 Å². The summed E-state index contributed by atoms with van der Waals surface area (Å²) in [6, 6.07) is 26.3. The van der Waals surface area contributed by atoms with Crippen LogP contribution >= 0.6 is 0 Å². The summed E-state index contributed by atoms with van der Waals surface area (Å²) in [7, 11) is 0. The van der Waals surface area contributed by atoms with Gasteiger partial charge in [0.1, 0.15) is 47.0 Å². The molecule has 2 amide bonds. The minimum Gasteiger partial charge on any atom is -0.490 e. The van der Waals surface area contributed by atoms with Crippen molar-refractivity contribution in [2.45, 2.75) is 50.7 Å². The SMILES string of the molecule is O=C(Cc1cc(OC2CCN(C(=O)c3cccc(F)c3)CC2)c2cc(F)ccc2c1)OC(=O)Cc1cc(OC2CCN(C(=O)c3ccccc3F)CC2)c2cc(F)ccc2c1. The highest BCUT2D eigenvalue weighted by Gasteiger charge is 2.28. The first-order valence-corrected chi connectivity index (χ1v) is 20.1. The summed E-state index contributed by atoms with van der Waals surface area (Å²) in [6.45, 7) is 1.37. The van der Waals surface area contributed by atoms with Crippen molar-refractivity contribution in [3.8, 4) is 11.5 Å². The third-order valence-corrected chi connectivity index (χ3v) is 11.0. The highest BCUT2D eigenvalue weighted by Crippen LogP contribution is 2.33. The Labute approximate surface area is 348 Å². The van der Waals surface area contributed by atoms with Crippen LogP contribution < -0.4 is 9.47 Å². The topological polar surface area (TPSA) is 102 Å². The largest absolute Gasteiger partial charge is 0.490 e. The first-order chi connectivity index (χ1) is 29.4. The number of hydrogen-bond acceptors (Lipinski definition) is 7. The third kappa shape index (κ3) is 9.67. The van der Waals surface area contributed by atoms with E-state index in [9.17, 15) is 36.7 Å². The molecule has 0 N–H and O–H groups in total. The number of ether oxygens (including phenoxy) is 3. The predicted molar refractivity (Wildman–Crippen MR) is 218 cm³/mol. The lowest BCUT2D eigenvalue weighted by molar-refractivity contribution is -0.158. The molecule has 61 heavy (non-hydrogen) atoms. The Morgan fingerprint density at radius 1 is 0.525 bits per heavy atom. The van der Waals surface area contributed by atoms with Crippen LogP contribution in [0.5, 0.6) is 11.5 Å². The second-order valence-electron chi connectivity index (χ2n) is 15.3. The molecule has 312 valence electrons. The molecule has 0 spiro atoms. The Kier molecular flexibility index (Phi) is 12.0. The van der Waals surface area contributed by atoms with E-state index in [-0.39, 0.29) is 42.1 Å². The molecule has 0 atom stereocenters. The lowest BCUT2D eigenvalue weighted by atomic mass is 10.0. The van der Waals surface area contributed by atoms with Crippen molar-refractivity contribution in [1.29, 1.82) is 0 Å². The van der Waals surface area contributed by atoms with Crippen LogP contribution in [0.25, 0.3) is 21.5 Å². The summed E-state index contributed by atoms with van der Waals surface area (Å²) in [5.41, 5.74) is 1.19. The number of benzene rings is 6. The fourth-order valence-corrected chi connectivity index (χ4v) is 7.96. The van der Waals surface area contributed by atoms with E-state index in [0.717, 1.165) is 0 Å². The normalized spacial score (nSPS) is 14.9. The fraction of sp³-hybridized carbons (Fsp3) is 0.250. The molecule has 0 bridgehead atoms. The molecule has 2 heterocycles. The van der Waals surface area contributed by atoms with Crippen molar-refractivity contribution >= 4 is 45.3 Å². The smallest absolute Gasteiger partial charge is 0.317 e. The van der Waals surface area contributed by atoms with Crippen molar-refractivity contribution in [2.75, 3.05) is 26.2 Å². The first kappa shape index (κ1) is 41.0. The maximum absolute atomic E-state index is 14.4. The lowest BCUT2D eigenvalue weighted by Crippen LogP contribution is -2.42. The molecule has 2 aliphatic rings. The van der Waals surface area contributed by atoms with E-state index >= 15 is 0 Å². The van der Waals surface area contributed by atoms with Crippen molar-refractivity contribution in [1.82, 2.24) is 9.80 Å². The van der Waals surface area contributed by atoms with E-state index in [4.69, 9.17) is 14.2 Å². The molecule has 2 fully saturated rings. The molecule has 6 aromatic rings. The van der Waals surface area contributed by atoms with Gasteiger partial charge in [0, 0.05) is 68.2 Å². The summed E-state index contributed by atoms with van der Waals surface area (Å²) in [4.78, 5) is 55.5. The maximum atomic E-state index is 14.4. The average Bonchev–Trinajstić information content (AvgIpc) is 3.24. The predicted octanol–water partition coefficient (Wildman–Crippen LogP) is 8.77. The quantitative estimate of drug-likeness (QED) is 0.0773. The van der Waals surface area contributed by atoms with Crippen molar-refractivity contribution in [3.05, 3.63) is 155 Å². The monoisotopic (exact) mass is 832 g/mol. The Bertz CT molecular complexity index is 2660. The number of fused-ring (bicyclic) bond motifs is 2. The van der Waals surface area contributed by atoms with Crippen LogP contribution in [-0.4, -0.2) is 71.9 Å². The number of amides is 2. The van der Waals surface area contributed by atoms with E-state index in [0.29, 0.717) is 96.0 Å². The zero-order valence-corrected chi connectivity index (χ0v) is 32.9. The zero-order valence-electron chi connectivity index (χ0n) is 32.9. The Hall–Kier alpha value is -6.76. The molecule has 2 saturated heterocycles. The van der Waals surface area contributed by atoms with Crippen molar-refractivity contribution < 1.29 is 51.0 Å². The fourth-order valence-electron chi connectivity index (χ4n) is 7.96. The van der Waals surface area contributed by atoms with Gasteiger partial charge >= 0.3 is 11.9 Å². The standard InChI is InChI=1S/C48H40F4N2O7/c49-34-5-3-4-33(26-34)47(57)53-16-12-37(13-17-53)59-43-22-29(20-31-8-10-35(50)27-40(31)43)24-45(55)61-46(56)25-30-21-32-9-11-36(51)28-41(32)44(23-30)60-38-14-18-54(19-15-38)48(58)39-6-1-2-7-42(39)52/h1-11,20-23,26-28,37-38H,12-19,24-25H2. The molecule has 9 nitrogen and oxygen atoms in total. The molecule has 8 rings (SSSR count). The Balaban J connectivity index is 0.907. The number of esters is 2. The van der Waals surface area contributed by atoms with Gasteiger partial charge in [-0.25, -0.2) is 17.6 Å². The van der Waals surface area contributed by atoms with Crippen LogP contribution in [0.15, 0.2) is 109 Å². The number of likely N-dealkylation sites (tertiary alicyclic amines) is 2. The van der Waals surface area contributed by atoms with Crippen molar-refractivity contribution in [2.24, 2.45) is 0 Å². The Morgan fingerprint density at radius 2 is 1.02 bits per heavy atom. The first-order valence-electron chi connectivity index (χ1n) is 20.1. The molecule has 0 unspecified atom stereocenters. The maximum Gasteiger partial charge on any atom is 0.317 e. The molecule has 0 aromatic heterocycles. The molecule has 0 saturated carbocycles. The van der Waals surface area contributed by atoms with Gasteiger partial charge in [-0.15, -0.1) is 0 Å². The molecule has 0 radical (unpaired) electrons. The molecule has 6 aromatic carbocycles.